The van der Waals surface area contributed by atoms with E-state index in [-0.39, 0.29) is 11.3 Å². The molecule has 4 fully saturated rings. The fraction of sp³-hybridized carbons (Fsp3) is 0.556. The summed E-state index contributed by atoms with van der Waals surface area (Å²) < 4.78 is 0. The van der Waals surface area contributed by atoms with Crippen LogP contribution in [-0.4, -0.2) is 12.2 Å². The van der Waals surface area contributed by atoms with Gasteiger partial charge in [-0.1, -0.05) is 12.1 Å². The van der Waals surface area contributed by atoms with E-state index in [9.17, 15) is 9.59 Å². The Morgan fingerprint density at radius 2 is 1.71 bits per heavy atom. The molecule has 4 aliphatic rings. The number of hydrogen-bond acceptors (Lipinski definition) is 2. The maximum atomic E-state index is 12.9. The van der Waals surface area contributed by atoms with E-state index in [2.05, 4.69) is 5.32 Å². The lowest BCUT2D eigenvalue weighted by Gasteiger charge is -2.55. The lowest BCUT2D eigenvalue weighted by molar-refractivity contribution is -0.140. The summed E-state index contributed by atoms with van der Waals surface area (Å²) in [5.74, 6) is 2.49. The average molecular weight is 283 g/mol. The van der Waals surface area contributed by atoms with Gasteiger partial charge in [0.05, 0.1) is 5.41 Å². The van der Waals surface area contributed by atoms with Gasteiger partial charge >= 0.3 is 0 Å². The molecule has 4 saturated carbocycles. The minimum Gasteiger partial charge on any atom is -0.326 e. The Hall–Kier alpha value is -1.64. The van der Waals surface area contributed by atoms with Crippen molar-refractivity contribution in [3.8, 4) is 0 Å². The molecule has 21 heavy (non-hydrogen) atoms. The second kappa shape index (κ2) is 4.69. The molecule has 0 aliphatic heterocycles. The molecule has 4 aliphatic carbocycles. The lowest BCUT2D eigenvalue weighted by Crippen LogP contribution is -2.51. The van der Waals surface area contributed by atoms with E-state index in [0.717, 1.165) is 49.0 Å². The smallest absolute Gasteiger partial charge is 0.230 e. The zero-order valence-electron chi connectivity index (χ0n) is 12.2. The predicted octanol–water partition coefficient (Wildman–Crippen LogP) is 3.65. The second-order valence-corrected chi connectivity index (χ2v) is 7.40. The van der Waals surface area contributed by atoms with E-state index in [1.54, 1.807) is 12.1 Å². The third-order valence-electron chi connectivity index (χ3n) is 5.80. The van der Waals surface area contributed by atoms with E-state index < -0.39 is 0 Å². The summed E-state index contributed by atoms with van der Waals surface area (Å²) in [5, 5.41) is 3.08. The first-order chi connectivity index (χ1) is 10.2. The summed E-state index contributed by atoms with van der Waals surface area (Å²) in [6, 6.07) is 7.20. The fourth-order valence-corrected chi connectivity index (χ4v) is 5.34. The van der Waals surface area contributed by atoms with Gasteiger partial charge in [-0.25, -0.2) is 0 Å². The summed E-state index contributed by atoms with van der Waals surface area (Å²) in [5.41, 5.74) is 1.23. The summed E-state index contributed by atoms with van der Waals surface area (Å²) in [7, 11) is 0. The molecule has 0 spiro atoms. The van der Waals surface area contributed by atoms with E-state index in [4.69, 9.17) is 0 Å². The van der Waals surface area contributed by atoms with Gasteiger partial charge in [0, 0.05) is 11.3 Å². The van der Waals surface area contributed by atoms with Crippen LogP contribution in [0.15, 0.2) is 24.3 Å². The number of carbonyl (C=O) groups is 2. The van der Waals surface area contributed by atoms with Crippen molar-refractivity contribution >= 4 is 17.9 Å². The second-order valence-electron chi connectivity index (χ2n) is 7.40. The van der Waals surface area contributed by atoms with Crippen LogP contribution in [0.4, 0.5) is 5.69 Å². The van der Waals surface area contributed by atoms with E-state index >= 15 is 0 Å². The number of amides is 1. The van der Waals surface area contributed by atoms with Crippen molar-refractivity contribution in [2.24, 2.45) is 23.2 Å². The van der Waals surface area contributed by atoms with Crippen molar-refractivity contribution in [3.05, 3.63) is 29.8 Å². The molecule has 1 aromatic rings. The Morgan fingerprint density at radius 1 is 1.10 bits per heavy atom. The van der Waals surface area contributed by atoms with Gasteiger partial charge in [0.15, 0.2) is 0 Å². The Kier molecular flexibility index (Phi) is 2.91. The van der Waals surface area contributed by atoms with Gasteiger partial charge in [0.2, 0.25) is 5.91 Å². The maximum absolute atomic E-state index is 12.9. The maximum Gasteiger partial charge on any atom is 0.230 e. The first-order valence-electron chi connectivity index (χ1n) is 8.03. The summed E-state index contributed by atoms with van der Waals surface area (Å²) >= 11 is 0. The van der Waals surface area contributed by atoms with Crippen LogP contribution in [0.2, 0.25) is 0 Å². The predicted molar refractivity (Wildman–Crippen MR) is 81.1 cm³/mol. The quantitative estimate of drug-likeness (QED) is 0.861. The van der Waals surface area contributed by atoms with Crippen LogP contribution in [0.3, 0.4) is 0 Å². The topological polar surface area (TPSA) is 46.2 Å². The van der Waals surface area contributed by atoms with Crippen molar-refractivity contribution < 1.29 is 9.59 Å². The molecule has 0 saturated heterocycles. The van der Waals surface area contributed by atoms with E-state index in [1.165, 1.54) is 19.3 Å². The average Bonchev–Trinajstić information content (AvgIpc) is 2.46. The van der Waals surface area contributed by atoms with Crippen molar-refractivity contribution in [2.75, 3.05) is 5.32 Å². The molecule has 5 rings (SSSR count). The normalized spacial score (nSPS) is 36.5. The van der Waals surface area contributed by atoms with Crippen molar-refractivity contribution in [1.29, 1.82) is 0 Å². The van der Waals surface area contributed by atoms with Crippen molar-refractivity contribution in [2.45, 2.75) is 38.5 Å². The van der Waals surface area contributed by atoms with Crippen LogP contribution in [0, 0.1) is 23.2 Å². The van der Waals surface area contributed by atoms with Crippen LogP contribution in [0.25, 0.3) is 0 Å². The number of aldehydes is 1. The molecule has 4 bridgehead atoms. The Labute approximate surface area is 125 Å². The Balaban J connectivity index is 1.55. The standard InChI is InChI=1S/C18H21NO2/c20-11-12-2-1-3-16(7-12)19-17(21)18-8-13-4-14(9-18)6-15(5-13)10-18/h1-3,7,11,13-15H,4-6,8-10H2,(H,19,21). The highest BCUT2D eigenvalue weighted by Crippen LogP contribution is 2.60. The SMILES string of the molecule is O=Cc1cccc(NC(=O)C23CC4CC(CC(C4)C2)C3)c1. The molecular formula is C18H21NO2. The van der Waals surface area contributed by atoms with Gasteiger partial charge in [0.25, 0.3) is 0 Å². The molecule has 1 amide bonds. The largest absolute Gasteiger partial charge is 0.326 e. The number of carbonyl (C=O) groups excluding carboxylic acids is 2. The van der Waals surface area contributed by atoms with Crippen molar-refractivity contribution in [1.82, 2.24) is 0 Å². The molecule has 3 heteroatoms. The monoisotopic (exact) mass is 283 g/mol. The molecule has 0 atom stereocenters. The molecule has 1 aromatic carbocycles. The molecule has 110 valence electrons. The van der Waals surface area contributed by atoms with E-state index in [1.807, 2.05) is 12.1 Å². The van der Waals surface area contributed by atoms with Crippen molar-refractivity contribution in [3.63, 3.8) is 0 Å². The van der Waals surface area contributed by atoms with Crippen LogP contribution >= 0.6 is 0 Å². The number of benzene rings is 1. The van der Waals surface area contributed by atoms with Gasteiger partial charge < -0.3 is 5.32 Å². The molecule has 0 radical (unpaired) electrons. The summed E-state index contributed by atoms with van der Waals surface area (Å²) in [4.78, 5) is 23.7. The molecule has 0 aromatic heterocycles. The lowest BCUT2D eigenvalue weighted by atomic mass is 9.49. The molecular weight excluding hydrogens is 262 g/mol. The Bertz CT molecular complexity index is 557. The third-order valence-corrected chi connectivity index (χ3v) is 5.80. The number of nitrogens with one attached hydrogen (secondary N) is 1. The molecule has 0 unspecified atom stereocenters. The summed E-state index contributed by atoms with van der Waals surface area (Å²) in [6.07, 6.45) is 8.04. The molecule has 1 N–H and O–H groups in total. The van der Waals surface area contributed by atoms with Gasteiger partial charge in [0.1, 0.15) is 6.29 Å². The van der Waals surface area contributed by atoms with Crippen LogP contribution in [0.1, 0.15) is 48.9 Å². The minimum absolute atomic E-state index is 0.133. The highest BCUT2D eigenvalue weighted by molar-refractivity contribution is 5.96. The van der Waals surface area contributed by atoms with Gasteiger partial charge in [-0.3, -0.25) is 9.59 Å². The Morgan fingerprint density at radius 3 is 2.29 bits per heavy atom. The minimum atomic E-state index is -0.133. The molecule has 3 nitrogen and oxygen atoms in total. The van der Waals surface area contributed by atoms with Gasteiger partial charge in [-0.15, -0.1) is 0 Å². The highest BCUT2D eigenvalue weighted by atomic mass is 16.2. The fourth-order valence-electron chi connectivity index (χ4n) is 5.34. The summed E-state index contributed by atoms with van der Waals surface area (Å²) in [6.45, 7) is 0. The van der Waals surface area contributed by atoms with Crippen LogP contribution in [-0.2, 0) is 4.79 Å². The zero-order chi connectivity index (χ0) is 14.4. The van der Waals surface area contributed by atoms with E-state index in [0.29, 0.717) is 5.56 Å². The number of hydrogen-bond donors (Lipinski definition) is 1. The third kappa shape index (κ3) is 2.19. The van der Waals surface area contributed by atoms with Crippen LogP contribution < -0.4 is 5.32 Å². The van der Waals surface area contributed by atoms with Gasteiger partial charge in [-0.05, 0) is 68.4 Å². The van der Waals surface area contributed by atoms with Crippen LogP contribution in [0.5, 0.6) is 0 Å². The number of anilines is 1. The van der Waals surface area contributed by atoms with Gasteiger partial charge in [-0.2, -0.15) is 0 Å². The number of rotatable bonds is 3. The highest BCUT2D eigenvalue weighted by Gasteiger charge is 2.54. The first kappa shape index (κ1) is 13.1. The first-order valence-corrected chi connectivity index (χ1v) is 8.03. The zero-order valence-corrected chi connectivity index (χ0v) is 12.2. The molecule has 0 heterocycles.